The third kappa shape index (κ3) is 4.12. The number of nitro groups is 1. The van der Waals surface area contributed by atoms with Gasteiger partial charge in [-0.25, -0.2) is 4.79 Å². The highest BCUT2D eigenvalue weighted by Crippen LogP contribution is 2.32. The van der Waals surface area contributed by atoms with Gasteiger partial charge in [0.25, 0.3) is 5.69 Å². The van der Waals surface area contributed by atoms with E-state index in [0.717, 1.165) is 5.56 Å². The van der Waals surface area contributed by atoms with Gasteiger partial charge in [-0.3, -0.25) is 10.1 Å². The molecular weight excluding hydrogens is 344 g/mol. The summed E-state index contributed by atoms with van der Waals surface area (Å²) in [5.74, 6) is -0.456. The zero-order chi connectivity index (χ0) is 19.2. The lowest BCUT2D eigenvalue weighted by Gasteiger charge is -2.12. The molecule has 0 spiro atoms. The van der Waals surface area contributed by atoms with E-state index in [2.05, 4.69) is 5.32 Å². The topological polar surface area (TPSA) is 81.5 Å². The molecule has 6 nitrogen and oxygen atoms in total. The number of carbonyl (C=O) groups excluding carboxylic acids is 1. The molecule has 0 heterocycles. The van der Waals surface area contributed by atoms with Crippen LogP contribution in [0.3, 0.4) is 0 Å². The van der Waals surface area contributed by atoms with Gasteiger partial charge in [0, 0.05) is 12.6 Å². The van der Waals surface area contributed by atoms with Crippen LogP contribution in [0.4, 0.5) is 11.4 Å². The Morgan fingerprint density at radius 2 is 1.74 bits per heavy atom. The summed E-state index contributed by atoms with van der Waals surface area (Å²) in [6, 6.07) is 21.4. The quantitative estimate of drug-likeness (QED) is 0.392. The fraction of sp³-hybridized carbons (Fsp3) is 0.0952. The standard InChI is InChI=1S/C21H18N2O4/c1-27-21(24)18-10-6-5-9-17(18)16-11-12-20(23(25)26)19(13-16)22-14-15-7-3-2-4-8-15/h2-13,22H,14H2,1H3. The van der Waals surface area contributed by atoms with Gasteiger partial charge in [-0.1, -0.05) is 48.5 Å². The van der Waals surface area contributed by atoms with E-state index in [-0.39, 0.29) is 5.69 Å². The van der Waals surface area contributed by atoms with E-state index in [4.69, 9.17) is 4.74 Å². The van der Waals surface area contributed by atoms with Gasteiger partial charge in [-0.15, -0.1) is 0 Å². The average molecular weight is 362 g/mol. The molecule has 0 atom stereocenters. The number of hydrogen-bond acceptors (Lipinski definition) is 5. The number of anilines is 1. The van der Waals surface area contributed by atoms with Crippen LogP contribution in [0.1, 0.15) is 15.9 Å². The van der Waals surface area contributed by atoms with Crippen LogP contribution in [-0.4, -0.2) is 18.0 Å². The predicted molar refractivity (Wildman–Crippen MR) is 104 cm³/mol. The summed E-state index contributed by atoms with van der Waals surface area (Å²) in [5, 5.41) is 14.5. The molecule has 0 aliphatic carbocycles. The van der Waals surface area contributed by atoms with E-state index >= 15 is 0 Å². The summed E-state index contributed by atoms with van der Waals surface area (Å²) in [6.07, 6.45) is 0. The van der Waals surface area contributed by atoms with E-state index in [1.807, 2.05) is 30.3 Å². The Balaban J connectivity index is 1.99. The smallest absolute Gasteiger partial charge is 0.338 e. The minimum atomic E-state index is -0.456. The van der Waals surface area contributed by atoms with E-state index < -0.39 is 10.9 Å². The van der Waals surface area contributed by atoms with Gasteiger partial charge in [-0.05, 0) is 34.9 Å². The highest BCUT2D eigenvalue weighted by molar-refractivity contribution is 5.97. The molecule has 0 fully saturated rings. The number of carbonyl (C=O) groups is 1. The van der Waals surface area contributed by atoms with Gasteiger partial charge in [0.15, 0.2) is 0 Å². The SMILES string of the molecule is COC(=O)c1ccccc1-c1ccc([N+](=O)[O-])c(NCc2ccccc2)c1. The van der Waals surface area contributed by atoms with Crippen molar-refractivity contribution < 1.29 is 14.5 Å². The monoisotopic (exact) mass is 362 g/mol. The fourth-order valence-electron chi connectivity index (χ4n) is 2.82. The predicted octanol–water partition coefficient (Wildman–Crippen LogP) is 4.66. The Morgan fingerprint density at radius 1 is 1.04 bits per heavy atom. The first-order chi connectivity index (χ1) is 13.1. The van der Waals surface area contributed by atoms with Crippen LogP contribution in [0.5, 0.6) is 0 Å². The highest BCUT2D eigenvalue weighted by Gasteiger charge is 2.18. The second kappa shape index (κ2) is 8.14. The zero-order valence-corrected chi connectivity index (χ0v) is 14.7. The van der Waals surface area contributed by atoms with Gasteiger partial charge in [-0.2, -0.15) is 0 Å². The molecule has 136 valence electrons. The Kier molecular flexibility index (Phi) is 5.47. The van der Waals surface area contributed by atoms with Gasteiger partial charge < -0.3 is 10.1 Å². The molecule has 0 aliphatic rings. The molecular formula is C21H18N2O4. The number of rotatable bonds is 6. The molecule has 0 aliphatic heterocycles. The molecule has 0 saturated heterocycles. The number of hydrogen-bond donors (Lipinski definition) is 1. The molecule has 0 unspecified atom stereocenters. The molecule has 6 heteroatoms. The van der Waals surface area contributed by atoms with E-state index in [0.29, 0.717) is 28.9 Å². The average Bonchev–Trinajstić information content (AvgIpc) is 2.72. The third-order valence-electron chi connectivity index (χ3n) is 4.16. The van der Waals surface area contributed by atoms with E-state index in [1.54, 1.807) is 36.4 Å². The maximum Gasteiger partial charge on any atom is 0.338 e. The second-order valence-electron chi connectivity index (χ2n) is 5.87. The maximum absolute atomic E-state index is 12.0. The number of nitro benzene ring substituents is 1. The van der Waals surface area contributed by atoms with Crippen molar-refractivity contribution in [3.05, 3.63) is 94.0 Å². The van der Waals surface area contributed by atoms with Crippen LogP contribution < -0.4 is 5.32 Å². The maximum atomic E-state index is 12.0. The molecule has 3 aromatic rings. The molecule has 0 aromatic heterocycles. The van der Waals surface area contributed by atoms with Crippen LogP contribution in [0, 0.1) is 10.1 Å². The Bertz CT molecular complexity index is 971. The minimum Gasteiger partial charge on any atom is -0.465 e. The highest BCUT2D eigenvalue weighted by atomic mass is 16.6. The van der Waals surface area contributed by atoms with Gasteiger partial charge in [0.2, 0.25) is 0 Å². The lowest BCUT2D eigenvalue weighted by Crippen LogP contribution is -2.05. The Morgan fingerprint density at radius 3 is 2.44 bits per heavy atom. The molecule has 3 rings (SSSR count). The molecule has 0 radical (unpaired) electrons. The molecule has 0 amide bonds. The number of methoxy groups -OCH3 is 1. The van der Waals surface area contributed by atoms with Crippen molar-refractivity contribution in [1.29, 1.82) is 0 Å². The first kappa shape index (κ1) is 18.1. The largest absolute Gasteiger partial charge is 0.465 e. The van der Waals surface area contributed by atoms with Crippen LogP contribution in [0.25, 0.3) is 11.1 Å². The number of esters is 1. The van der Waals surface area contributed by atoms with Crippen molar-refractivity contribution in [2.75, 3.05) is 12.4 Å². The summed E-state index contributed by atoms with van der Waals surface area (Å²) < 4.78 is 4.83. The van der Waals surface area contributed by atoms with Crippen LogP contribution in [0.15, 0.2) is 72.8 Å². The summed E-state index contributed by atoms with van der Waals surface area (Å²) in [4.78, 5) is 23.0. The summed E-state index contributed by atoms with van der Waals surface area (Å²) in [6.45, 7) is 0.448. The van der Waals surface area contributed by atoms with Crippen LogP contribution in [0.2, 0.25) is 0 Å². The zero-order valence-electron chi connectivity index (χ0n) is 14.7. The van der Waals surface area contributed by atoms with Crippen LogP contribution in [-0.2, 0) is 11.3 Å². The van der Waals surface area contributed by atoms with Crippen molar-refractivity contribution in [3.8, 4) is 11.1 Å². The van der Waals surface area contributed by atoms with Crippen molar-refractivity contribution >= 4 is 17.3 Å². The second-order valence-corrected chi connectivity index (χ2v) is 5.87. The molecule has 0 saturated carbocycles. The normalized spacial score (nSPS) is 10.3. The van der Waals surface area contributed by atoms with Crippen molar-refractivity contribution in [2.24, 2.45) is 0 Å². The molecule has 3 aromatic carbocycles. The van der Waals surface area contributed by atoms with Crippen molar-refractivity contribution in [1.82, 2.24) is 0 Å². The number of benzene rings is 3. The van der Waals surface area contributed by atoms with Crippen molar-refractivity contribution in [3.63, 3.8) is 0 Å². The van der Waals surface area contributed by atoms with Crippen molar-refractivity contribution in [2.45, 2.75) is 6.54 Å². The van der Waals surface area contributed by atoms with Gasteiger partial charge in [0.05, 0.1) is 17.6 Å². The number of nitrogens with zero attached hydrogens (tertiary/aromatic N) is 1. The summed E-state index contributed by atoms with van der Waals surface area (Å²) >= 11 is 0. The minimum absolute atomic E-state index is 0.0229. The number of nitrogens with one attached hydrogen (secondary N) is 1. The first-order valence-corrected chi connectivity index (χ1v) is 8.34. The van der Waals surface area contributed by atoms with E-state index in [1.165, 1.54) is 13.2 Å². The lowest BCUT2D eigenvalue weighted by molar-refractivity contribution is -0.384. The Labute approximate surface area is 156 Å². The van der Waals surface area contributed by atoms with Gasteiger partial charge >= 0.3 is 5.97 Å². The summed E-state index contributed by atoms with van der Waals surface area (Å²) in [5.41, 5.74) is 3.13. The molecule has 0 bridgehead atoms. The summed E-state index contributed by atoms with van der Waals surface area (Å²) in [7, 11) is 1.32. The Hall–Kier alpha value is -3.67. The van der Waals surface area contributed by atoms with Crippen LogP contribution >= 0.6 is 0 Å². The fourth-order valence-corrected chi connectivity index (χ4v) is 2.82. The van der Waals surface area contributed by atoms with Gasteiger partial charge in [0.1, 0.15) is 5.69 Å². The first-order valence-electron chi connectivity index (χ1n) is 8.34. The lowest BCUT2D eigenvalue weighted by atomic mass is 9.98. The van der Waals surface area contributed by atoms with E-state index in [9.17, 15) is 14.9 Å². The molecule has 27 heavy (non-hydrogen) atoms. The third-order valence-corrected chi connectivity index (χ3v) is 4.16. The number of ether oxygens (including phenoxy) is 1. The molecule has 1 N–H and O–H groups in total.